The summed E-state index contributed by atoms with van der Waals surface area (Å²) in [6.07, 6.45) is 5.10. The van der Waals surface area contributed by atoms with Crippen LogP contribution in [0.3, 0.4) is 0 Å². The summed E-state index contributed by atoms with van der Waals surface area (Å²) in [4.78, 5) is 28.1. The summed E-state index contributed by atoms with van der Waals surface area (Å²) in [5, 5.41) is 12.4. The molecule has 7 heteroatoms. The minimum absolute atomic E-state index is 0.0555. The molecule has 0 fully saturated rings. The summed E-state index contributed by atoms with van der Waals surface area (Å²) in [7, 11) is 1.58. The lowest BCUT2D eigenvalue weighted by Gasteiger charge is -2.26. The molecular formula is C20H17N3O4. The maximum atomic E-state index is 12.3. The number of aromatic nitrogens is 2. The van der Waals surface area contributed by atoms with E-state index in [9.17, 15) is 14.7 Å². The molecule has 1 atom stereocenters. The second kappa shape index (κ2) is 6.60. The molecule has 0 spiro atoms. The predicted molar refractivity (Wildman–Crippen MR) is 98.6 cm³/mol. The average molecular weight is 363 g/mol. The van der Waals surface area contributed by atoms with Crippen LogP contribution in [0.25, 0.3) is 5.69 Å². The van der Waals surface area contributed by atoms with Gasteiger partial charge in [0, 0.05) is 42.7 Å². The minimum Gasteiger partial charge on any atom is -0.497 e. The van der Waals surface area contributed by atoms with Crippen molar-refractivity contribution < 1.29 is 19.4 Å². The summed E-state index contributed by atoms with van der Waals surface area (Å²) in [6, 6.07) is 11.0. The van der Waals surface area contributed by atoms with E-state index in [-0.39, 0.29) is 23.8 Å². The number of nitrogens with zero attached hydrogens (tertiary/aromatic N) is 2. The smallest absolute Gasteiger partial charge is 0.339 e. The Labute approximate surface area is 155 Å². The topological polar surface area (TPSA) is 93.4 Å². The molecule has 0 bridgehead atoms. The van der Waals surface area contributed by atoms with Crippen LogP contribution in [0.5, 0.6) is 5.75 Å². The zero-order chi connectivity index (χ0) is 19.0. The van der Waals surface area contributed by atoms with E-state index in [1.54, 1.807) is 25.7 Å². The molecular weight excluding hydrogens is 346 g/mol. The first-order valence-electron chi connectivity index (χ1n) is 8.41. The molecule has 1 aliphatic rings. The molecule has 3 heterocycles. The number of carbonyl (C=O) groups excluding carboxylic acids is 1. The van der Waals surface area contributed by atoms with Gasteiger partial charge in [-0.25, -0.2) is 4.79 Å². The lowest BCUT2D eigenvalue weighted by atomic mass is 9.89. The van der Waals surface area contributed by atoms with Crippen LogP contribution in [-0.4, -0.2) is 33.6 Å². The third kappa shape index (κ3) is 2.93. The van der Waals surface area contributed by atoms with Gasteiger partial charge < -0.3 is 19.7 Å². The van der Waals surface area contributed by atoms with Crippen LogP contribution < -0.4 is 10.1 Å². The molecule has 0 saturated heterocycles. The zero-order valence-corrected chi connectivity index (χ0v) is 14.5. The first-order chi connectivity index (χ1) is 13.1. The molecule has 136 valence electrons. The number of amides is 1. The van der Waals surface area contributed by atoms with E-state index in [4.69, 9.17) is 4.74 Å². The van der Waals surface area contributed by atoms with Crippen molar-refractivity contribution in [3.63, 3.8) is 0 Å². The Morgan fingerprint density at radius 3 is 2.78 bits per heavy atom. The maximum Gasteiger partial charge on any atom is 0.339 e. The number of benzene rings is 1. The van der Waals surface area contributed by atoms with Crippen LogP contribution >= 0.6 is 0 Å². The number of fused-ring (bicyclic) bond motifs is 1. The Morgan fingerprint density at radius 1 is 1.30 bits per heavy atom. The van der Waals surface area contributed by atoms with Gasteiger partial charge in [0.2, 0.25) is 5.91 Å². The number of aromatic carboxylic acids is 1. The molecule has 27 heavy (non-hydrogen) atoms. The van der Waals surface area contributed by atoms with Crippen molar-refractivity contribution in [3.8, 4) is 11.4 Å². The highest BCUT2D eigenvalue weighted by Gasteiger charge is 2.34. The van der Waals surface area contributed by atoms with Gasteiger partial charge in [-0.3, -0.25) is 9.78 Å². The first-order valence-corrected chi connectivity index (χ1v) is 8.41. The van der Waals surface area contributed by atoms with Crippen LogP contribution in [0.15, 0.2) is 55.0 Å². The monoisotopic (exact) mass is 363 g/mol. The van der Waals surface area contributed by atoms with Crippen molar-refractivity contribution in [1.82, 2.24) is 9.55 Å². The Balaban J connectivity index is 1.97. The van der Waals surface area contributed by atoms with Gasteiger partial charge in [0.25, 0.3) is 0 Å². The fourth-order valence-corrected chi connectivity index (χ4v) is 3.48. The molecule has 1 aromatic carbocycles. The molecule has 2 aromatic heterocycles. The van der Waals surface area contributed by atoms with Gasteiger partial charge in [-0.15, -0.1) is 0 Å². The third-order valence-electron chi connectivity index (χ3n) is 4.70. The van der Waals surface area contributed by atoms with Gasteiger partial charge >= 0.3 is 5.97 Å². The van der Waals surface area contributed by atoms with E-state index in [2.05, 4.69) is 10.3 Å². The molecule has 2 N–H and O–H groups in total. The summed E-state index contributed by atoms with van der Waals surface area (Å²) in [6.45, 7) is 0. The number of hydrogen-bond acceptors (Lipinski definition) is 4. The average Bonchev–Trinajstić information content (AvgIpc) is 3.07. The second-order valence-corrected chi connectivity index (χ2v) is 6.27. The largest absolute Gasteiger partial charge is 0.497 e. The summed E-state index contributed by atoms with van der Waals surface area (Å²) in [5.74, 6) is -0.929. The highest BCUT2D eigenvalue weighted by Crippen LogP contribution is 2.41. The van der Waals surface area contributed by atoms with E-state index < -0.39 is 5.97 Å². The van der Waals surface area contributed by atoms with Crippen molar-refractivity contribution in [2.75, 3.05) is 12.4 Å². The maximum absolute atomic E-state index is 12.3. The molecule has 0 aliphatic carbocycles. The number of pyridine rings is 1. The lowest BCUT2D eigenvalue weighted by Crippen LogP contribution is -2.25. The number of carbonyl (C=O) groups is 2. The molecule has 1 aliphatic heterocycles. The van der Waals surface area contributed by atoms with E-state index in [1.807, 2.05) is 41.0 Å². The Hall–Kier alpha value is -3.61. The normalized spacial score (nSPS) is 15.7. The molecule has 3 aromatic rings. The van der Waals surface area contributed by atoms with E-state index >= 15 is 0 Å². The fraction of sp³-hybridized carbons (Fsp3) is 0.150. The van der Waals surface area contributed by atoms with Crippen molar-refractivity contribution in [3.05, 3.63) is 71.8 Å². The predicted octanol–water partition coefficient (Wildman–Crippen LogP) is 3.05. The van der Waals surface area contributed by atoms with Gasteiger partial charge in [-0.05, 0) is 29.8 Å². The number of ether oxygens (including phenoxy) is 1. The van der Waals surface area contributed by atoms with Gasteiger partial charge in [0.05, 0.1) is 18.5 Å². The summed E-state index contributed by atoms with van der Waals surface area (Å²) in [5.41, 5.74) is 2.78. The summed E-state index contributed by atoms with van der Waals surface area (Å²) >= 11 is 0. The molecule has 0 radical (unpaired) electrons. The van der Waals surface area contributed by atoms with Gasteiger partial charge in [-0.2, -0.15) is 0 Å². The highest BCUT2D eigenvalue weighted by atomic mass is 16.5. The van der Waals surface area contributed by atoms with Crippen molar-refractivity contribution in [2.45, 2.75) is 12.3 Å². The number of hydrogen-bond donors (Lipinski definition) is 2. The number of carboxylic acid groups (broad SMARTS) is 1. The van der Waals surface area contributed by atoms with Crippen molar-refractivity contribution in [2.24, 2.45) is 0 Å². The van der Waals surface area contributed by atoms with Crippen LogP contribution in [0.1, 0.15) is 34.0 Å². The van der Waals surface area contributed by atoms with E-state index in [0.29, 0.717) is 11.4 Å². The molecule has 0 saturated carbocycles. The Kier molecular flexibility index (Phi) is 4.12. The molecule has 0 unspecified atom stereocenters. The molecule has 1 amide bonds. The van der Waals surface area contributed by atoms with Crippen molar-refractivity contribution in [1.29, 1.82) is 0 Å². The van der Waals surface area contributed by atoms with Crippen LogP contribution in [-0.2, 0) is 4.79 Å². The number of anilines is 1. The SMILES string of the molecule is COc1cccc(-n2cc(C(=O)O)c3c2[C@H](c2ccncc2)CC(=O)N3)c1. The first kappa shape index (κ1) is 16.8. The number of methoxy groups -OCH3 is 1. The molecule has 4 rings (SSSR count). The number of nitrogens with one attached hydrogen (secondary N) is 1. The summed E-state index contributed by atoms with van der Waals surface area (Å²) < 4.78 is 7.11. The lowest BCUT2D eigenvalue weighted by molar-refractivity contribution is -0.116. The van der Waals surface area contributed by atoms with Crippen LogP contribution in [0.2, 0.25) is 0 Å². The van der Waals surface area contributed by atoms with Gasteiger partial charge in [0.1, 0.15) is 11.3 Å². The highest BCUT2D eigenvalue weighted by molar-refractivity contribution is 6.04. The second-order valence-electron chi connectivity index (χ2n) is 6.27. The van der Waals surface area contributed by atoms with Gasteiger partial charge in [-0.1, -0.05) is 6.07 Å². The third-order valence-corrected chi connectivity index (χ3v) is 4.70. The number of carboxylic acids is 1. The van der Waals surface area contributed by atoms with Crippen LogP contribution in [0.4, 0.5) is 5.69 Å². The molecule has 7 nitrogen and oxygen atoms in total. The van der Waals surface area contributed by atoms with E-state index in [1.165, 1.54) is 0 Å². The quantitative estimate of drug-likeness (QED) is 0.743. The standard InChI is InChI=1S/C20H17N3O4/c1-27-14-4-2-3-13(9-14)23-11-16(20(25)26)18-19(23)15(10-17(24)22-18)12-5-7-21-8-6-12/h2-9,11,15H,10H2,1H3,(H,22,24)(H,25,26)/t15-/m0/s1. The fourth-order valence-electron chi connectivity index (χ4n) is 3.48. The Bertz CT molecular complexity index is 1030. The van der Waals surface area contributed by atoms with Crippen molar-refractivity contribution >= 4 is 17.6 Å². The Morgan fingerprint density at radius 2 is 2.07 bits per heavy atom. The van der Waals surface area contributed by atoms with Crippen LogP contribution in [0, 0.1) is 0 Å². The number of rotatable bonds is 4. The minimum atomic E-state index is -1.09. The van der Waals surface area contributed by atoms with E-state index in [0.717, 1.165) is 16.9 Å². The zero-order valence-electron chi connectivity index (χ0n) is 14.5. The van der Waals surface area contributed by atoms with Gasteiger partial charge in [0.15, 0.2) is 0 Å².